The van der Waals surface area contributed by atoms with Crippen LogP contribution in [0.5, 0.6) is 0 Å². The second-order valence-corrected chi connectivity index (χ2v) is 6.49. The molecule has 124 valence electrons. The summed E-state index contributed by atoms with van der Waals surface area (Å²) in [6.07, 6.45) is 0.851. The van der Waals surface area contributed by atoms with Crippen LogP contribution in [0.3, 0.4) is 0 Å². The van der Waals surface area contributed by atoms with E-state index in [0.29, 0.717) is 6.04 Å². The van der Waals surface area contributed by atoms with Crippen molar-refractivity contribution in [2.24, 2.45) is 0 Å². The summed E-state index contributed by atoms with van der Waals surface area (Å²) < 4.78 is 5.67. The summed E-state index contributed by atoms with van der Waals surface area (Å²) in [7, 11) is 2.15. The fourth-order valence-electron chi connectivity index (χ4n) is 3.24. The standard InChI is InChI=1S/C19H26N2O2/c1-15-3-8-19(23-15)17-6-4-16(5-7-17)13-21-11-10-20(2)18(14-21)9-12-22/h3-8,18,22H,9-14H2,1-2H3/t18-/m0/s1. The fraction of sp³-hybridized carbons (Fsp3) is 0.474. The van der Waals surface area contributed by atoms with E-state index in [1.807, 2.05) is 19.1 Å². The number of hydrogen-bond acceptors (Lipinski definition) is 4. The second-order valence-electron chi connectivity index (χ2n) is 6.49. The van der Waals surface area contributed by atoms with Gasteiger partial charge in [-0.1, -0.05) is 24.3 Å². The molecule has 0 saturated carbocycles. The van der Waals surface area contributed by atoms with Crippen LogP contribution in [0.1, 0.15) is 17.7 Å². The summed E-state index contributed by atoms with van der Waals surface area (Å²) in [6, 6.07) is 13.1. The average Bonchev–Trinajstić information content (AvgIpc) is 2.98. The highest BCUT2D eigenvalue weighted by atomic mass is 16.3. The molecule has 1 N–H and O–H groups in total. The predicted molar refractivity (Wildman–Crippen MR) is 92.3 cm³/mol. The molecule has 1 atom stereocenters. The van der Waals surface area contributed by atoms with Crippen molar-refractivity contribution in [3.8, 4) is 11.3 Å². The molecule has 1 saturated heterocycles. The third kappa shape index (κ3) is 4.02. The molecular formula is C19H26N2O2. The number of aryl methyl sites for hydroxylation is 1. The molecule has 1 aliphatic rings. The SMILES string of the molecule is Cc1ccc(-c2ccc(CN3CCN(C)[C@@H](CCO)C3)cc2)o1. The van der Waals surface area contributed by atoms with E-state index in [-0.39, 0.29) is 6.61 Å². The van der Waals surface area contributed by atoms with Crippen LogP contribution in [0, 0.1) is 6.92 Å². The summed E-state index contributed by atoms with van der Waals surface area (Å²) in [4.78, 5) is 4.83. The summed E-state index contributed by atoms with van der Waals surface area (Å²) in [6.45, 7) is 6.36. The molecule has 0 radical (unpaired) electrons. The lowest BCUT2D eigenvalue weighted by atomic mass is 10.1. The van der Waals surface area contributed by atoms with Crippen molar-refractivity contribution < 1.29 is 9.52 Å². The number of aliphatic hydroxyl groups is 1. The molecule has 2 heterocycles. The van der Waals surface area contributed by atoms with Crippen molar-refractivity contribution in [3.05, 3.63) is 47.7 Å². The van der Waals surface area contributed by atoms with Crippen molar-refractivity contribution in [1.82, 2.24) is 9.80 Å². The van der Waals surface area contributed by atoms with Gasteiger partial charge in [0.05, 0.1) is 0 Å². The van der Waals surface area contributed by atoms with E-state index in [9.17, 15) is 5.11 Å². The lowest BCUT2D eigenvalue weighted by molar-refractivity contribution is 0.0743. The normalized spacial score (nSPS) is 20.0. The summed E-state index contributed by atoms with van der Waals surface area (Å²) in [5.41, 5.74) is 2.45. The highest BCUT2D eigenvalue weighted by molar-refractivity contribution is 5.57. The maximum atomic E-state index is 9.20. The number of hydrogen-bond donors (Lipinski definition) is 1. The first-order chi connectivity index (χ1) is 11.2. The Morgan fingerprint density at radius 1 is 1.13 bits per heavy atom. The van der Waals surface area contributed by atoms with Crippen molar-refractivity contribution in [3.63, 3.8) is 0 Å². The topological polar surface area (TPSA) is 39.9 Å². The van der Waals surface area contributed by atoms with Gasteiger partial charge in [0.25, 0.3) is 0 Å². The molecule has 2 aromatic rings. The molecule has 1 fully saturated rings. The van der Waals surface area contributed by atoms with Gasteiger partial charge < -0.3 is 14.4 Å². The van der Waals surface area contributed by atoms with Gasteiger partial charge >= 0.3 is 0 Å². The highest BCUT2D eigenvalue weighted by Crippen LogP contribution is 2.23. The summed E-state index contributed by atoms with van der Waals surface area (Å²) >= 11 is 0. The van der Waals surface area contributed by atoms with E-state index in [1.54, 1.807) is 0 Å². The van der Waals surface area contributed by atoms with Crippen molar-refractivity contribution in [1.29, 1.82) is 0 Å². The number of piperazine rings is 1. The van der Waals surface area contributed by atoms with Crippen LogP contribution in [0.2, 0.25) is 0 Å². The van der Waals surface area contributed by atoms with Crippen molar-refractivity contribution in [2.45, 2.75) is 25.9 Å². The summed E-state index contributed by atoms with van der Waals surface area (Å²) in [5, 5.41) is 9.20. The lowest BCUT2D eigenvalue weighted by Crippen LogP contribution is -2.51. The smallest absolute Gasteiger partial charge is 0.134 e. The Bertz CT molecular complexity index is 621. The molecule has 4 heteroatoms. The van der Waals surface area contributed by atoms with Gasteiger partial charge in [-0.15, -0.1) is 0 Å². The Kier molecular flexibility index (Phi) is 5.16. The number of rotatable bonds is 5. The largest absolute Gasteiger partial charge is 0.461 e. The van der Waals surface area contributed by atoms with Gasteiger partial charge in [-0.3, -0.25) is 4.90 Å². The first-order valence-corrected chi connectivity index (χ1v) is 8.35. The molecule has 1 aliphatic heterocycles. The number of benzene rings is 1. The van der Waals surface area contributed by atoms with Crippen LogP contribution >= 0.6 is 0 Å². The number of likely N-dealkylation sites (N-methyl/N-ethyl adjacent to an activating group) is 1. The molecule has 4 nitrogen and oxygen atoms in total. The zero-order valence-electron chi connectivity index (χ0n) is 14.0. The molecule has 1 aromatic carbocycles. The Hall–Kier alpha value is -1.62. The molecule has 0 amide bonds. The number of furan rings is 1. The zero-order valence-corrected chi connectivity index (χ0v) is 14.0. The van der Waals surface area contributed by atoms with Gasteiger partial charge in [-0.05, 0) is 38.1 Å². The zero-order chi connectivity index (χ0) is 16.2. The Labute approximate surface area is 138 Å². The fourth-order valence-corrected chi connectivity index (χ4v) is 3.24. The third-order valence-electron chi connectivity index (χ3n) is 4.71. The average molecular weight is 314 g/mol. The van der Waals surface area contributed by atoms with E-state index >= 15 is 0 Å². The number of aliphatic hydroxyl groups excluding tert-OH is 1. The Balaban J connectivity index is 1.62. The van der Waals surface area contributed by atoms with Gasteiger partial charge in [-0.25, -0.2) is 0 Å². The quantitative estimate of drug-likeness (QED) is 0.921. The second kappa shape index (κ2) is 7.30. The molecule has 0 aliphatic carbocycles. The number of nitrogens with zero attached hydrogens (tertiary/aromatic N) is 2. The van der Waals surface area contributed by atoms with Gasteiger partial charge in [0.2, 0.25) is 0 Å². The highest BCUT2D eigenvalue weighted by Gasteiger charge is 2.23. The van der Waals surface area contributed by atoms with Crippen LogP contribution in [-0.4, -0.2) is 54.2 Å². The van der Waals surface area contributed by atoms with Crippen LogP contribution in [0.25, 0.3) is 11.3 Å². The van der Waals surface area contributed by atoms with Crippen molar-refractivity contribution in [2.75, 3.05) is 33.3 Å². The first-order valence-electron chi connectivity index (χ1n) is 8.35. The third-order valence-corrected chi connectivity index (χ3v) is 4.71. The molecule has 23 heavy (non-hydrogen) atoms. The maximum absolute atomic E-state index is 9.20. The minimum Gasteiger partial charge on any atom is -0.461 e. The monoisotopic (exact) mass is 314 g/mol. The Morgan fingerprint density at radius 2 is 1.91 bits per heavy atom. The predicted octanol–water partition coefficient (Wildman–Crippen LogP) is 2.75. The van der Waals surface area contributed by atoms with Crippen LogP contribution < -0.4 is 0 Å². The van der Waals surface area contributed by atoms with Gasteiger partial charge in [0, 0.05) is 44.4 Å². The Morgan fingerprint density at radius 3 is 2.57 bits per heavy atom. The van der Waals surface area contributed by atoms with Crippen LogP contribution in [0.15, 0.2) is 40.8 Å². The minimum atomic E-state index is 0.264. The van der Waals surface area contributed by atoms with Gasteiger partial charge in [0.15, 0.2) is 0 Å². The maximum Gasteiger partial charge on any atom is 0.134 e. The molecule has 0 bridgehead atoms. The molecule has 0 unspecified atom stereocenters. The van der Waals surface area contributed by atoms with Gasteiger partial charge in [-0.2, -0.15) is 0 Å². The van der Waals surface area contributed by atoms with E-state index < -0.39 is 0 Å². The molecule has 3 rings (SSSR count). The molecular weight excluding hydrogens is 288 g/mol. The van der Waals surface area contributed by atoms with E-state index in [2.05, 4.69) is 41.1 Å². The minimum absolute atomic E-state index is 0.264. The van der Waals surface area contributed by atoms with Crippen LogP contribution in [0.4, 0.5) is 0 Å². The van der Waals surface area contributed by atoms with Gasteiger partial charge in [0.1, 0.15) is 11.5 Å². The molecule has 1 aromatic heterocycles. The first kappa shape index (κ1) is 16.2. The lowest BCUT2D eigenvalue weighted by Gasteiger charge is -2.39. The van der Waals surface area contributed by atoms with Crippen LogP contribution in [-0.2, 0) is 6.54 Å². The van der Waals surface area contributed by atoms with E-state index in [0.717, 1.165) is 49.7 Å². The van der Waals surface area contributed by atoms with Crippen molar-refractivity contribution >= 4 is 0 Å². The van der Waals surface area contributed by atoms with E-state index in [1.165, 1.54) is 5.56 Å². The van der Waals surface area contributed by atoms with E-state index in [4.69, 9.17) is 4.42 Å². The summed E-state index contributed by atoms with van der Waals surface area (Å²) in [5.74, 6) is 1.87. The molecule has 0 spiro atoms.